The third-order valence-corrected chi connectivity index (χ3v) is 11.2. The summed E-state index contributed by atoms with van der Waals surface area (Å²) in [6.07, 6.45) is 10.1. The van der Waals surface area contributed by atoms with Crippen molar-refractivity contribution in [3.63, 3.8) is 0 Å². The van der Waals surface area contributed by atoms with E-state index < -0.39 is 16.8 Å². The maximum atomic E-state index is 7.34. The van der Waals surface area contributed by atoms with Crippen molar-refractivity contribution in [1.29, 1.82) is 0 Å². The number of ether oxygens (including phenoxy) is 5. The van der Waals surface area contributed by atoms with Crippen LogP contribution >= 0.6 is 0 Å². The molecule has 0 unspecified atom stereocenters. The first-order valence-electron chi connectivity index (χ1n) is 16.3. The van der Waals surface area contributed by atoms with Gasteiger partial charge in [0.05, 0.1) is 17.6 Å². The molecule has 2 heterocycles. The third kappa shape index (κ3) is 4.29. The van der Waals surface area contributed by atoms with E-state index in [9.17, 15) is 0 Å². The molecule has 1 spiro atoms. The Kier molecular flexibility index (Phi) is 7.10. The summed E-state index contributed by atoms with van der Waals surface area (Å²) in [6, 6.07) is 25.5. The van der Waals surface area contributed by atoms with Crippen molar-refractivity contribution in [2.75, 3.05) is 33.9 Å². The van der Waals surface area contributed by atoms with Crippen LogP contribution in [0.5, 0.6) is 11.5 Å². The largest absolute Gasteiger partial charge is 0.485 e. The van der Waals surface area contributed by atoms with Crippen molar-refractivity contribution in [3.05, 3.63) is 101 Å². The lowest BCUT2D eigenvalue weighted by Gasteiger charge is -2.67. The molecule has 3 aliphatic carbocycles. The molecule has 0 N–H and O–H groups in total. The number of piperidine rings is 1. The Labute approximate surface area is 260 Å². The van der Waals surface area contributed by atoms with E-state index in [4.69, 9.17) is 23.7 Å². The fraction of sp³-hybridized carbons (Fsp3) is 0.474. The first kappa shape index (κ1) is 28.3. The van der Waals surface area contributed by atoms with Crippen LogP contribution in [0.3, 0.4) is 0 Å². The number of rotatable bonds is 11. The van der Waals surface area contributed by atoms with Gasteiger partial charge in [0.25, 0.3) is 0 Å². The number of benzene rings is 3. The van der Waals surface area contributed by atoms with Crippen molar-refractivity contribution < 1.29 is 23.7 Å². The Morgan fingerprint density at radius 3 is 2.43 bits per heavy atom. The standard InChI is InChI=1S/C38H43NO5/c1-40-38(41-2)20-19-37(43-23-9-14-27-10-5-3-6-11-27)32-24-30-17-18-31(42-26-29-12-7-4-8-13-29)34-33(30)36(37,35(38)44-34)21-22-39(32)25-28-15-16-28/h3-14,17-18,28,32,35H,15-16,19-26H2,1-2H3/t32-,35-,36+,37-/m1/s1. The van der Waals surface area contributed by atoms with E-state index in [2.05, 4.69) is 71.6 Å². The van der Waals surface area contributed by atoms with Gasteiger partial charge < -0.3 is 23.7 Å². The second-order valence-electron chi connectivity index (χ2n) is 13.3. The molecule has 3 fully saturated rings. The molecule has 4 atom stereocenters. The van der Waals surface area contributed by atoms with E-state index in [0.29, 0.717) is 19.6 Å². The minimum atomic E-state index is -0.875. The van der Waals surface area contributed by atoms with E-state index in [1.54, 1.807) is 14.2 Å². The highest BCUT2D eigenvalue weighted by Crippen LogP contribution is 2.69. The Morgan fingerprint density at radius 2 is 1.68 bits per heavy atom. The zero-order valence-corrected chi connectivity index (χ0v) is 25.9. The summed E-state index contributed by atoms with van der Waals surface area (Å²) in [4.78, 5) is 2.76. The van der Waals surface area contributed by atoms with Gasteiger partial charge in [-0.1, -0.05) is 78.9 Å². The van der Waals surface area contributed by atoms with Crippen LogP contribution in [0.1, 0.15) is 54.4 Å². The Bertz CT molecular complexity index is 1520. The lowest BCUT2D eigenvalue weighted by Crippen LogP contribution is -2.80. The topological polar surface area (TPSA) is 49.4 Å². The van der Waals surface area contributed by atoms with E-state index in [-0.39, 0.29) is 12.1 Å². The van der Waals surface area contributed by atoms with Crippen molar-refractivity contribution in [2.45, 2.75) is 74.1 Å². The first-order chi connectivity index (χ1) is 21.6. The number of hydrogen-bond acceptors (Lipinski definition) is 6. The molecule has 230 valence electrons. The molecule has 6 heteroatoms. The highest BCUT2D eigenvalue weighted by Gasteiger charge is 2.77. The summed E-state index contributed by atoms with van der Waals surface area (Å²) in [7, 11) is 3.53. The quantitative estimate of drug-likeness (QED) is 0.235. The molecule has 0 amide bonds. The van der Waals surface area contributed by atoms with Gasteiger partial charge in [-0.2, -0.15) is 0 Å². The van der Waals surface area contributed by atoms with Crippen molar-refractivity contribution in [2.24, 2.45) is 5.92 Å². The Balaban J connectivity index is 1.23. The molecular formula is C38H43NO5. The van der Waals surface area contributed by atoms with Crippen LogP contribution in [0.15, 0.2) is 78.9 Å². The molecule has 6 nitrogen and oxygen atoms in total. The van der Waals surface area contributed by atoms with Crippen molar-refractivity contribution in [3.8, 4) is 11.5 Å². The Morgan fingerprint density at radius 1 is 0.909 bits per heavy atom. The monoisotopic (exact) mass is 593 g/mol. The average molecular weight is 594 g/mol. The van der Waals surface area contributed by atoms with Crippen LogP contribution in [0.25, 0.3) is 6.08 Å². The summed E-state index contributed by atoms with van der Waals surface area (Å²) in [6.45, 7) is 3.19. The van der Waals surface area contributed by atoms with Gasteiger partial charge in [0.1, 0.15) is 6.61 Å². The molecule has 5 aliphatic rings. The first-order valence-corrected chi connectivity index (χ1v) is 16.3. The smallest absolute Gasteiger partial charge is 0.206 e. The summed E-state index contributed by atoms with van der Waals surface area (Å²) in [5.74, 6) is 1.57. The molecule has 3 aromatic carbocycles. The average Bonchev–Trinajstić information content (AvgIpc) is 3.82. The molecule has 2 saturated carbocycles. The highest BCUT2D eigenvalue weighted by atomic mass is 16.7. The minimum Gasteiger partial charge on any atom is -0.485 e. The Hall–Kier alpha value is -3.16. The minimum absolute atomic E-state index is 0.259. The van der Waals surface area contributed by atoms with E-state index >= 15 is 0 Å². The van der Waals surface area contributed by atoms with Crippen molar-refractivity contribution in [1.82, 2.24) is 4.90 Å². The van der Waals surface area contributed by atoms with Gasteiger partial charge >= 0.3 is 0 Å². The van der Waals surface area contributed by atoms with Crippen LogP contribution in [0, 0.1) is 5.92 Å². The molecule has 2 aliphatic heterocycles. The van der Waals surface area contributed by atoms with Crippen LogP contribution < -0.4 is 9.47 Å². The number of hydrogen-bond donors (Lipinski definition) is 0. The van der Waals surface area contributed by atoms with Crippen molar-refractivity contribution >= 4 is 6.08 Å². The molecule has 2 bridgehead atoms. The molecule has 44 heavy (non-hydrogen) atoms. The zero-order chi connectivity index (χ0) is 29.8. The number of likely N-dealkylation sites (tertiary alicyclic amines) is 1. The lowest BCUT2D eigenvalue weighted by atomic mass is 9.48. The van der Waals surface area contributed by atoms with Gasteiger partial charge in [0, 0.05) is 38.8 Å². The van der Waals surface area contributed by atoms with Gasteiger partial charge in [-0.3, -0.25) is 4.90 Å². The maximum Gasteiger partial charge on any atom is 0.206 e. The fourth-order valence-electron chi connectivity index (χ4n) is 8.99. The second kappa shape index (κ2) is 11.0. The predicted octanol–water partition coefficient (Wildman–Crippen LogP) is 6.56. The predicted molar refractivity (Wildman–Crippen MR) is 170 cm³/mol. The molecule has 0 aromatic heterocycles. The number of nitrogens with zero attached hydrogens (tertiary/aromatic N) is 1. The summed E-state index contributed by atoms with van der Waals surface area (Å²) >= 11 is 0. The third-order valence-electron chi connectivity index (χ3n) is 11.2. The summed E-state index contributed by atoms with van der Waals surface area (Å²) in [5.41, 5.74) is 4.07. The molecule has 1 saturated heterocycles. The molecule has 3 aromatic rings. The van der Waals surface area contributed by atoms with Gasteiger partial charge in [0.2, 0.25) is 5.79 Å². The van der Waals surface area contributed by atoms with Gasteiger partial charge in [-0.05, 0) is 67.3 Å². The normalized spacial score (nSPS) is 29.8. The molecule has 0 radical (unpaired) electrons. The maximum absolute atomic E-state index is 7.34. The molecular weight excluding hydrogens is 550 g/mol. The van der Waals surface area contributed by atoms with Gasteiger partial charge in [-0.25, -0.2) is 0 Å². The van der Waals surface area contributed by atoms with Crippen LogP contribution in [0.2, 0.25) is 0 Å². The zero-order valence-electron chi connectivity index (χ0n) is 25.9. The van der Waals surface area contributed by atoms with Crippen LogP contribution in [-0.2, 0) is 32.7 Å². The number of methoxy groups -OCH3 is 2. The highest BCUT2D eigenvalue weighted by molar-refractivity contribution is 5.63. The van der Waals surface area contributed by atoms with Gasteiger partial charge in [0.15, 0.2) is 17.6 Å². The summed E-state index contributed by atoms with van der Waals surface area (Å²) < 4.78 is 33.6. The SMILES string of the molecule is COC1(OC)CC[C@@]2(OCC=Cc3ccccc3)[C@H]3Cc4ccc(OCc5ccccc5)c5c4[C@@]2(CCN3CC2CC2)[C@H]1O5. The molecule has 8 rings (SSSR count). The van der Waals surface area contributed by atoms with E-state index in [0.717, 1.165) is 55.3 Å². The summed E-state index contributed by atoms with van der Waals surface area (Å²) in [5, 5.41) is 0. The lowest BCUT2D eigenvalue weighted by molar-refractivity contribution is -0.325. The fourth-order valence-corrected chi connectivity index (χ4v) is 8.99. The van der Waals surface area contributed by atoms with Crippen LogP contribution in [0.4, 0.5) is 0 Å². The van der Waals surface area contributed by atoms with Gasteiger partial charge in [-0.15, -0.1) is 0 Å². The second-order valence-corrected chi connectivity index (χ2v) is 13.3. The van der Waals surface area contributed by atoms with Crippen LogP contribution in [-0.4, -0.2) is 62.3 Å². The van der Waals surface area contributed by atoms with E-state index in [1.165, 1.54) is 29.5 Å². The van der Waals surface area contributed by atoms with E-state index in [1.807, 2.05) is 18.2 Å².